The van der Waals surface area contributed by atoms with E-state index in [4.69, 9.17) is 11.6 Å². The van der Waals surface area contributed by atoms with Crippen LogP contribution in [0.25, 0.3) is 0 Å². The molecule has 5 heteroatoms. The summed E-state index contributed by atoms with van der Waals surface area (Å²) in [7, 11) is -3.04. The Morgan fingerprint density at radius 2 is 1.95 bits per heavy atom. The standard InChI is InChI=1S/C16H30ClNO2S/c1-12(2)14-6-7-16(17)15(10-14)9-13-5-4-8-18(11-13)21(3,19)20/h12-16H,4-11H2,1-3H3. The van der Waals surface area contributed by atoms with E-state index in [9.17, 15) is 8.42 Å². The Morgan fingerprint density at radius 3 is 2.57 bits per heavy atom. The van der Waals surface area contributed by atoms with Crippen LogP contribution in [0.5, 0.6) is 0 Å². The summed E-state index contributed by atoms with van der Waals surface area (Å²) in [6.07, 6.45) is 8.17. The molecule has 0 amide bonds. The molecule has 21 heavy (non-hydrogen) atoms. The molecule has 2 fully saturated rings. The maximum absolute atomic E-state index is 11.7. The van der Waals surface area contributed by atoms with Crippen molar-refractivity contribution in [1.29, 1.82) is 0 Å². The summed E-state index contributed by atoms with van der Waals surface area (Å²) in [4.78, 5) is 0. The highest BCUT2D eigenvalue weighted by molar-refractivity contribution is 7.88. The fraction of sp³-hybridized carbons (Fsp3) is 1.00. The first kappa shape index (κ1) is 17.6. The molecule has 4 atom stereocenters. The van der Waals surface area contributed by atoms with Crippen molar-refractivity contribution in [2.24, 2.45) is 23.7 Å². The lowest BCUT2D eigenvalue weighted by Crippen LogP contribution is -2.40. The van der Waals surface area contributed by atoms with Crippen molar-refractivity contribution >= 4 is 21.6 Å². The molecule has 1 saturated carbocycles. The number of halogens is 1. The SMILES string of the molecule is CC(C)C1CCC(Cl)C(CC2CCCN(S(C)(=O)=O)C2)C1. The largest absolute Gasteiger partial charge is 0.213 e. The highest BCUT2D eigenvalue weighted by Crippen LogP contribution is 2.40. The molecule has 0 radical (unpaired) electrons. The Morgan fingerprint density at radius 1 is 1.24 bits per heavy atom. The molecular formula is C16H30ClNO2S. The van der Waals surface area contributed by atoms with Gasteiger partial charge in [0.25, 0.3) is 0 Å². The zero-order valence-electron chi connectivity index (χ0n) is 13.6. The first-order valence-corrected chi connectivity index (χ1v) is 10.6. The molecule has 0 aromatic carbocycles. The normalized spacial score (nSPS) is 36.0. The average molecular weight is 336 g/mol. The minimum atomic E-state index is -3.04. The third-order valence-electron chi connectivity index (χ3n) is 5.46. The van der Waals surface area contributed by atoms with Gasteiger partial charge in [0.2, 0.25) is 10.0 Å². The van der Waals surface area contributed by atoms with Gasteiger partial charge in [0.05, 0.1) is 6.26 Å². The van der Waals surface area contributed by atoms with Crippen LogP contribution in [0.3, 0.4) is 0 Å². The number of nitrogens with zero attached hydrogens (tertiary/aromatic N) is 1. The number of rotatable bonds is 4. The van der Waals surface area contributed by atoms with Gasteiger partial charge in [0, 0.05) is 18.5 Å². The highest BCUT2D eigenvalue weighted by Gasteiger charge is 2.34. The Kier molecular flexibility index (Phi) is 6.00. The Balaban J connectivity index is 1.93. The van der Waals surface area contributed by atoms with E-state index in [1.807, 2.05) is 0 Å². The van der Waals surface area contributed by atoms with E-state index in [0.29, 0.717) is 24.9 Å². The predicted molar refractivity (Wildman–Crippen MR) is 89.1 cm³/mol. The molecule has 124 valence electrons. The van der Waals surface area contributed by atoms with Crippen LogP contribution in [-0.2, 0) is 10.0 Å². The Labute approximate surface area is 135 Å². The van der Waals surface area contributed by atoms with Gasteiger partial charge in [-0.05, 0) is 62.2 Å². The lowest BCUT2D eigenvalue weighted by molar-refractivity contribution is 0.166. The lowest BCUT2D eigenvalue weighted by Gasteiger charge is -2.39. The van der Waals surface area contributed by atoms with Crippen LogP contribution in [0.2, 0.25) is 0 Å². The monoisotopic (exact) mass is 335 g/mol. The van der Waals surface area contributed by atoms with E-state index in [1.54, 1.807) is 4.31 Å². The summed E-state index contributed by atoms with van der Waals surface area (Å²) >= 11 is 6.57. The fourth-order valence-corrected chi connectivity index (χ4v) is 5.34. The Bertz CT molecular complexity index is 438. The first-order valence-electron chi connectivity index (χ1n) is 8.36. The molecule has 0 bridgehead atoms. The molecule has 1 aliphatic carbocycles. The fourth-order valence-electron chi connectivity index (χ4n) is 4.06. The number of hydrogen-bond acceptors (Lipinski definition) is 2. The number of hydrogen-bond donors (Lipinski definition) is 0. The number of sulfonamides is 1. The predicted octanol–water partition coefficient (Wildman–Crippen LogP) is 3.73. The summed E-state index contributed by atoms with van der Waals surface area (Å²) in [5, 5.41) is 0.286. The van der Waals surface area contributed by atoms with Gasteiger partial charge in [-0.15, -0.1) is 11.6 Å². The van der Waals surface area contributed by atoms with Gasteiger partial charge in [-0.3, -0.25) is 0 Å². The number of piperidine rings is 1. The van der Waals surface area contributed by atoms with Crippen LogP contribution in [0.15, 0.2) is 0 Å². The summed E-state index contributed by atoms with van der Waals surface area (Å²) < 4.78 is 25.1. The van der Waals surface area contributed by atoms with Gasteiger partial charge >= 0.3 is 0 Å². The van der Waals surface area contributed by atoms with Crippen LogP contribution in [0.1, 0.15) is 52.4 Å². The quantitative estimate of drug-likeness (QED) is 0.734. The highest BCUT2D eigenvalue weighted by atomic mass is 35.5. The van der Waals surface area contributed by atoms with Crippen molar-refractivity contribution in [2.75, 3.05) is 19.3 Å². The molecule has 1 aliphatic heterocycles. The summed E-state index contributed by atoms with van der Waals surface area (Å²) in [5.74, 6) is 2.58. The smallest absolute Gasteiger partial charge is 0.211 e. The average Bonchev–Trinajstić information content (AvgIpc) is 2.40. The lowest BCUT2D eigenvalue weighted by atomic mass is 9.72. The minimum absolute atomic E-state index is 0.286. The maximum Gasteiger partial charge on any atom is 0.211 e. The maximum atomic E-state index is 11.7. The molecule has 2 rings (SSSR count). The summed E-state index contributed by atoms with van der Waals surface area (Å²) in [6, 6.07) is 0. The zero-order valence-corrected chi connectivity index (χ0v) is 15.2. The third-order valence-corrected chi connectivity index (χ3v) is 7.30. The van der Waals surface area contributed by atoms with Gasteiger partial charge in [0.1, 0.15) is 0 Å². The topological polar surface area (TPSA) is 37.4 Å². The van der Waals surface area contributed by atoms with Gasteiger partial charge in [-0.25, -0.2) is 12.7 Å². The van der Waals surface area contributed by atoms with E-state index in [1.165, 1.54) is 19.1 Å². The number of alkyl halides is 1. The van der Waals surface area contributed by atoms with E-state index in [2.05, 4.69) is 13.8 Å². The second-order valence-electron chi connectivity index (χ2n) is 7.46. The molecule has 0 spiro atoms. The molecule has 0 aromatic heterocycles. The minimum Gasteiger partial charge on any atom is -0.213 e. The van der Waals surface area contributed by atoms with E-state index in [-0.39, 0.29) is 5.38 Å². The molecule has 2 aliphatic rings. The summed E-state index contributed by atoms with van der Waals surface area (Å²) in [5.41, 5.74) is 0. The zero-order chi connectivity index (χ0) is 15.6. The van der Waals surface area contributed by atoms with Crippen molar-refractivity contribution in [3.8, 4) is 0 Å². The van der Waals surface area contributed by atoms with E-state index in [0.717, 1.165) is 37.5 Å². The summed E-state index contributed by atoms with van der Waals surface area (Å²) in [6.45, 7) is 6.01. The first-order chi connectivity index (χ1) is 9.77. The molecule has 0 N–H and O–H groups in total. The molecule has 0 aromatic rings. The van der Waals surface area contributed by atoms with Gasteiger partial charge in [0.15, 0.2) is 0 Å². The van der Waals surface area contributed by atoms with Gasteiger partial charge in [-0.1, -0.05) is 13.8 Å². The van der Waals surface area contributed by atoms with Crippen molar-refractivity contribution in [3.05, 3.63) is 0 Å². The van der Waals surface area contributed by atoms with Crippen LogP contribution in [0, 0.1) is 23.7 Å². The van der Waals surface area contributed by atoms with Crippen LogP contribution in [-0.4, -0.2) is 37.4 Å². The van der Waals surface area contributed by atoms with Crippen LogP contribution >= 0.6 is 11.6 Å². The molecule has 1 saturated heterocycles. The molecule has 3 nitrogen and oxygen atoms in total. The Hall–Kier alpha value is 0.200. The van der Waals surface area contributed by atoms with Crippen molar-refractivity contribution in [3.63, 3.8) is 0 Å². The van der Waals surface area contributed by atoms with Crippen molar-refractivity contribution in [1.82, 2.24) is 4.31 Å². The van der Waals surface area contributed by atoms with Gasteiger partial charge in [-0.2, -0.15) is 0 Å². The second kappa shape index (κ2) is 7.18. The van der Waals surface area contributed by atoms with Crippen molar-refractivity contribution < 1.29 is 8.42 Å². The second-order valence-corrected chi connectivity index (χ2v) is 10.0. The van der Waals surface area contributed by atoms with Gasteiger partial charge < -0.3 is 0 Å². The molecule has 4 unspecified atom stereocenters. The molecular weight excluding hydrogens is 306 g/mol. The van der Waals surface area contributed by atoms with E-state index < -0.39 is 10.0 Å². The molecule has 1 heterocycles. The van der Waals surface area contributed by atoms with Crippen LogP contribution in [0.4, 0.5) is 0 Å². The van der Waals surface area contributed by atoms with Crippen LogP contribution < -0.4 is 0 Å². The van der Waals surface area contributed by atoms with E-state index >= 15 is 0 Å². The van der Waals surface area contributed by atoms with Crippen molar-refractivity contribution in [2.45, 2.75) is 57.7 Å². The third kappa shape index (κ3) is 4.84.